The Balaban J connectivity index is 3.17. The minimum Gasteiger partial charge on any atom is -0.303 e. The molecule has 0 aliphatic carbocycles. The molecule has 0 unspecified atom stereocenters. The van der Waals surface area contributed by atoms with Gasteiger partial charge in [0.05, 0.1) is 0 Å². The molecule has 9 heavy (non-hydrogen) atoms. The number of aldehydes is 1. The molecule has 1 nitrogen and oxygen atoms in total. The predicted octanol–water partition coefficient (Wildman–Crippen LogP) is 2.30. The fraction of sp³-hybridized carbons (Fsp3) is 0.857. The van der Waals surface area contributed by atoms with Crippen LogP contribution in [0, 0.1) is 0 Å². The van der Waals surface area contributed by atoms with Crippen LogP contribution in [-0.2, 0) is 4.79 Å². The molecule has 0 N–H and O–H groups in total. The first-order chi connectivity index (χ1) is 4.06. The molecular weight excluding hydrogens is 128 g/mol. The molecule has 0 rings (SSSR count). The number of carbonyl (C=O) groups is 1. The summed E-state index contributed by atoms with van der Waals surface area (Å²) in [4.78, 5) is 9.91. The second-order valence-corrected chi connectivity index (χ2v) is 9.24. The van der Waals surface area contributed by atoms with Crippen molar-refractivity contribution in [2.24, 2.45) is 0 Å². The normalized spacial score (nSPS) is 11.4. The summed E-state index contributed by atoms with van der Waals surface area (Å²) in [5.41, 5.74) is 0. The van der Waals surface area contributed by atoms with E-state index in [1.165, 1.54) is 6.04 Å². The highest BCUT2D eigenvalue weighted by Gasteiger charge is 2.10. The van der Waals surface area contributed by atoms with Crippen molar-refractivity contribution in [2.75, 3.05) is 0 Å². The number of rotatable bonds is 4. The average molecular weight is 144 g/mol. The molecule has 0 radical (unpaired) electrons. The van der Waals surface area contributed by atoms with Gasteiger partial charge in [0.2, 0.25) is 0 Å². The van der Waals surface area contributed by atoms with Crippen molar-refractivity contribution in [3.63, 3.8) is 0 Å². The molecule has 0 aromatic rings. The minimum atomic E-state index is -0.853. The Bertz CT molecular complexity index is 83.4. The van der Waals surface area contributed by atoms with Crippen molar-refractivity contribution in [1.29, 1.82) is 0 Å². The summed E-state index contributed by atoms with van der Waals surface area (Å²) in [5.74, 6) is 0. The Labute approximate surface area is 58.5 Å². The highest BCUT2D eigenvalue weighted by molar-refractivity contribution is 6.76. The van der Waals surface area contributed by atoms with Crippen LogP contribution >= 0.6 is 0 Å². The first kappa shape index (κ1) is 8.89. The van der Waals surface area contributed by atoms with Gasteiger partial charge in [-0.2, -0.15) is 0 Å². The van der Waals surface area contributed by atoms with Crippen molar-refractivity contribution < 1.29 is 4.79 Å². The molecular formula is C7H16OSi. The van der Waals surface area contributed by atoms with Crippen molar-refractivity contribution >= 4 is 14.4 Å². The van der Waals surface area contributed by atoms with Crippen molar-refractivity contribution in [3.8, 4) is 0 Å². The zero-order valence-electron chi connectivity index (χ0n) is 6.61. The number of carbonyl (C=O) groups excluding carboxylic acids is 1. The molecule has 0 atom stereocenters. The third kappa shape index (κ3) is 7.89. The van der Waals surface area contributed by atoms with E-state index in [-0.39, 0.29) is 0 Å². The molecule has 0 bridgehead atoms. The van der Waals surface area contributed by atoms with Gasteiger partial charge >= 0.3 is 0 Å². The highest BCUT2D eigenvalue weighted by atomic mass is 28.3. The van der Waals surface area contributed by atoms with Crippen molar-refractivity contribution in [3.05, 3.63) is 0 Å². The van der Waals surface area contributed by atoms with Crippen LogP contribution in [0.3, 0.4) is 0 Å². The lowest BCUT2D eigenvalue weighted by atomic mass is 10.4. The second kappa shape index (κ2) is 3.83. The van der Waals surface area contributed by atoms with Crippen LogP contribution in [0.2, 0.25) is 25.7 Å². The number of unbranched alkanes of at least 4 members (excludes halogenated alkanes) is 1. The van der Waals surface area contributed by atoms with E-state index in [0.717, 1.165) is 19.1 Å². The topological polar surface area (TPSA) is 17.1 Å². The molecule has 0 saturated carbocycles. The lowest BCUT2D eigenvalue weighted by Crippen LogP contribution is -2.18. The van der Waals surface area contributed by atoms with Gasteiger partial charge in [-0.1, -0.05) is 25.7 Å². The van der Waals surface area contributed by atoms with Crippen LogP contribution < -0.4 is 0 Å². The Morgan fingerprint density at radius 3 is 2.22 bits per heavy atom. The maximum Gasteiger partial charge on any atom is 0.119 e. The monoisotopic (exact) mass is 144 g/mol. The van der Waals surface area contributed by atoms with E-state index in [1.807, 2.05) is 0 Å². The van der Waals surface area contributed by atoms with Gasteiger partial charge in [0.25, 0.3) is 0 Å². The summed E-state index contributed by atoms with van der Waals surface area (Å²) >= 11 is 0. The summed E-state index contributed by atoms with van der Waals surface area (Å²) in [6, 6.07) is 1.28. The van der Waals surface area contributed by atoms with Gasteiger partial charge in [-0.25, -0.2) is 0 Å². The quantitative estimate of drug-likeness (QED) is 0.336. The summed E-state index contributed by atoms with van der Waals surface area (Å²) in [6.07, 6.45) is 2.86. The van der Waals surface area contributed by atoms with Crippen LogP contribution in [0.4, 0.5) is 0 Å². The first-order valence-electron chi connectivity index (χ1n) is 3.50. The molecule has 0 aromatic heterocycles. The molecule has 0 heterocycles. The zero-order chi connectivity index (χ0) is 7.33. The van der Waals surface area contributed by atoms with E-state index in [0.29, 0.717) is 0 Å². The van der Waals surface area contributed by atoms with E-state index in [4.69, 9.17) is 0 Å². The number of hydrogen-bond acceptors (Lipinski definition) is 1. The average Bonchev–Trinajstić information content (AvgIpc) is 1.63. The Morgan fingerprint density at radius 1 is 1.33 bits per heavy atom. The van der Waals surface area contributed by atoms with E-state index in [1.54, 1.807) is 0 Å². The molecule has 0 aliphatic heterocycles. The third-order valence-corrected chi connectivity index (χ3v) is 3.10. The zero-order valence-corrected chi connectivity index (χ0v) is 7.61. The standard InChI is InChI=1S/C7H16OSi/c1-9(2,3)7-5-4-6-8/h6H,4-5,7H2,1-3H3. The van der Waals surface area contributed by atoms with Crippen molar-refractivity contribution in [1.82, 2.24) is 0 Å². The summed E-state index contributed by atoms with van der Waals surface area (Å²) in [6.45, 7) is 6.99. The van der Waals surface area contributed by atoms with Gasteiger partial charge in [-0.15, -0.1) is 0 Å². The molecule has 54 valence electrons. The van der Waals surface area contributed by atoms with E-state index in [9.17, 15) is 4.79 Å². The molecule has 0 aromatic carbocycles. The van der Waals surface area contributed by atoms with Crippen LogP contribution in [0.25, 0.3) is 0 Å². The van der Waals surface area contributed by atoms with E-state index < -0.39 is 8.07 Å². The van der Waals surface area contributed by atoms with Crippen LogP contribution in [0.1, 0.15) is 12.8 Å². The molecule has 0 aliphatic rings. The SMILES string of the molecule is C[Si](C)(C)CCCC=O. The molecule has 0 amide bonds. The maximum absolute atomic E-state index is 9.91. The smallest absolute Gasteiger partial charge is 0.119 e. The molecule has 2 heteroatoms. The molecule has 0 spiro atoms. The van der Waals surface area contributed by atoms with Gasteiger partial charge in [0.15, 0.2) is 0 Å². The second-order valence-electron chi connectivity index (χ2n) is 3.62. The first-order valence-corrected chi connectivity index (χ1v) is 7.20. The third-order valence-electron chi connectivity index (χ3n) is 1.25. The Hall–Kier alpha value is -0.113. The fourth-order valence-corrected chi connectivity index (χ4v) is 1.98. The van der Waals surface area contributed by atoms with E-state index >= 15 is 0 Å². The van der Waals surface area contributed by atoms with Gasteiger partial charge < -0.3 is 4.79 Å². The predicted molar refractivity (Wildman–Crippen MR) is 43.5 cm³/mol. The maximum atomic E-state index is 9.91. The van der Waals surface area contributed by atoms with Gasteiger partial charge in [-0.05, 0) is 6.42 Å². The van der Waals surface area contributed by atoms with Gasteiger partial charge in [0.1, 0.15) is 6.29 Å². The van der Waals surface area contributed by atoms with Gasteiger partial charge in [-0.3, -0.25) is 0 Å². The summed E-state index contributed by atoms with van der Waals surface area (Å²) in [7, 11) is -0.853. The summed E-state index contributed by atoms with van der Waals surface area (Å²) in [5, 5.41) is 0. The van der Waals surface area contributed by atoms with Gasteiger partial charge in [0, 0.05) is 14.5 Å². The highest BCUT2D eigenvalue weighted by Crippen LogP contribution is 2.11. The summed E-state index contributed by atoms with van der Waals surface area (Å²) < 4.78 is 0. The van der Waals surface area contributed by atoms with E-state index in [2.05, 4.69) is 19.6 Å². The van der Waals surface area contributed by atoms with Crippen LogP contribution in [0.5, 0.6) is 0 Å². The largest absolute Gasteiger partial charge is 0.303 e. The molecule has 0 saturated heterocycles. The Morgan fingerprint density at radius 2 is 1.89 bits per heavy atom. The lowest BCUT2D eigenvalue weighted by Gasteiger charge is -2.13. The van der Waals surface area contributed by atoms with Crippen LogP contribution in [-0.4, -0.2) is 14.4 Å². The Kier molecular flexibility index (Phi) is 3.78. The van der Waals surface area contributed by atoms with Crippen molar-refractivity contribution in [2.45, 2.75) is 38.5 Å². The minimum absolute atomic E-state index is 0.754. The van der Waals surface area contributed by atoms with Crippen LogP contribution in [0.15, 0.2) is 0 Å². The fourth-order valence-electron chi connectivity index (χ4n) is 0.716. The number of hydrogen-bond donors (Lipinski definition) is 0. The molecule has 0 fully saturated rings. The lowest BCUT2D eigenvalue weighted by molar-refractivity contribution is -0.107.